The van der Waals surface area contributed by atoms with E-state index in [1.165, 1.54) is 19.3 Å². The van der Waals surface area contributed by atoms with E-state index in [0.717, 1.165) is 25.9 Å². The SMILES string of the molecule is CCCCC([C]=O)N1CCCC1. The summed E-state index contributed by atoms with van der Waals surface area (Å²) in [5.74, 6) is 0. The Labute approximate surface area is 74.9 Å². The lowest BCUT2D eigenvalue weighted by Gasteiger charge is -2.21. The van der Waals surface area contributed by atoms with Gasteiger partial charge in [-0.15, -0.1) is 0 Å². The first-order chi connectivity index (χ1) is 5.88. The quantitative estimate of drug-likeness (QED) is 0.623. The van der Waals surface area contributed by atoms with Crippen LogP contribution in [-0.4, -0.2) is 30.3 Å². The van der Waals surface area contributed by atoms with Crippen molar-refractivity contribution in [3.8, 4) is 0 Å². The molecule has 12 heavy (non-hydrogen) atoms. The van der Waals surface area contributed by atoms with E-state index in [-0.39, 0.29) is 6.04 Å². The van der Waals surface area contributed by atoms with Gasteiger partial charge in [0, 0.05) is 0 Å². The average Bonchev–Trinajstić information content (AvgIpc) is 2.59. The largest absolute Gasteiger partial charge is 0.293 e. The summed E-state index contributed by atoms with van der Waals surface area (Å²) in [6.45, 7) is 4.36. The highest BCUT2D eigenvalue weighted by atomic mass is 16.1. The zero-order chi connectivity index (χ0) is 8.81. The number of hydrogen-bond acceptors (Lipinski definition) is 2. The van der Waals surface area contributed by atoms with Crippen LogP contribution in [0.25, 0.3) is 0 Å². The Hall–Kier alpha value is -0.370. The van der Waals surface area contributed by atoms with Gasteiger partial charge >= 0.3 is 0 Å². The van der Waals surface area contributed by atoms with Crippen molar-refractivity contribution in [2.45, 2.75) is 45.1 Å². The minimum absolute atomic E-state index is 0.0902. The van der Waals surface area contributed by atoms with Crippen LogP contribution in [0.3, 0.4) is 0 Å². The van der Waals surface area contributed by atoms with Crippen molar-refractivity contribution >= 4 is 6.29 Å². The molecule has 1 fully saturated rings. The van der Waals surface area contributed by atoms with Crippen molar-refractivity contribution in [1.82, 2.24) is 4.90 Å². The molecule has 1 rings (SSSR count). The summed E-state index contributed by atoms with van der Waals surface area (Å²) in [4.78, 5) is 12.9. The van der Waals surface area contributed by atoms with Crippen molar-refractivity contribution in [2.24, 2.45) is 0 Å². The fourth-order valence-electron chi connectivity index (χ4n) is 1.77. The zero-order valence-electron chi connectivity index (χ0n) is 7.88. The predicted molar refractivity (Wildman–Crippen MR) is 49.8 cm³/mol. The van der Waals surface area contributed by atoms with Crippen LogP contribution in [-0.2, 0) is 4.79 Å². The molecule has 0 aromatic heterocycles. The molecule has 1 heterocycles. The van der Waals surface area contributed by atoms with Crippen LogP contribution in [0.4, 0.5) is 0 Å². The first-order valence-electron chi connectivity index (χ1n) is 5.00. The summed E-state index contributed by atoms with van der Waals surface area (Å²) in [5.41, 5.74) is 0. The Bertz CT molecular complexity index is 130. The Morgan fingerprint density at radius 1 is 1.42 bits per heavy atom. The molecular weight excluding hydrogens is 150 g/mol. The van der Waals surface area contributed by atoms with Crippen LogP contribution in [0.1, 0.15) is 39.0 Å². The summed E-state index contributed by atoms with van der Waals surface area (Å²) >= 11 is 0. The molecule has 1 atom stereocenters. The number of carbonyl (C=O) groups excluding carboxylic acids is 1. The monoisotopic (exact) mass is 168 g/mol. The smallest absolute Gasteiger partial charge is 0.217 e. The molecule has 0 amide bonds. The third-order valence-electron chi connectivity index (χ3n) is 2.55. The third kappa shape index (κ3) is 2.59. The van der Waals surface area contributed by atoms with E-state index in [9.17, 15) is 4.79 Å². The molecule has 0 bridgehead atoms. The van der Waals surface area contributed by atoms with E-state index in [1.54, 1.807) is 0 Å². The van der Waals surface area contributed by atoms with E-state index >= 15 is 0 Å². The number of hydrogen-bond donors (Lipinski definition) is 0. The highest BCUT2D eigenvalue weighted by Gasteiger charge is 2.20. The van der Waals surface area contributed by atoms with Gasteiger partial charge in [-0.2, -0.15) is 0 Å². The molecule has 2 heteroatoms. The van der Waals surface area contributed by atoms with Crippen LogP contribution in [0.5, 0.6) is 0 Å². The van der Waals surface area contributed by atoms with Crippen LogP contribution in [0, 0.1) is 0 Å². The fraction of sp³-hybridized carbons (Fsp3) is 0.900. The van der Waals surface area contributed by atoms with Gasteiger partial charge < -0.3 is 0 Å². The minimum atomic E-state index is 0.0902. The minimum Gasteiger partial charge on any atom is -0.293 e. The van der Waals surface area contributed by atoms with E-state index in [1.807, 2.05) is 0 Å². The zero-order valence-corrected chi connectivity index (χ0v) is 7.88. The van der Waals surface area contributed by atoms with E-state index in [4.69, 9.17) is 0 Å². The van der Waals surface area contributed by atoms with Gasteiger partial charge in [0.1, 0.15) is 0 Å². The van der Waals surface area contributed by atoms with Crippen molar-refractivity contribution < 1.29 is 4.79 Å². The third-order valence-corrected chi connectivity index (χ3v) is 2.55. The summed E-state index contributed by atoms with van der Waals surface area (Å²) in [5, 5.41) is 0. The molecule has 1 radical (unpaired) electrons. The fourth-order valence-corrected chi connectivity index (χ4v) is 1.77. The maximum atomic E-state index is 10.6. The van der Waals surface area contributed by atoms with Crippen LogP contribution in [0.15, 0.2) is 0 Å². The van der Waals surface area contributed by atoms with Gasteiger partial charge in [0.15, 0.2) is 0 Å². The van der Waals surface area contributed by atoms with E-state index in [2.05, 4.69) is 18.1 Å². The van der Waals surface area contributed by atoms with Crippen LogP contribution >= 0.6 is 0 Å². The van der Waals surface area contributed by atoms with Crippen LogP contribution < -0.4 is 0 Å². The molecule has 0 spiro atoms. The van der Waals surface area contributed by atoms with Gasteiger partial charge in [0.2, 0.25) is 6.29 Å². The second-order valence-electron chi connectivity index (χ2n) is 3.52. The van der Waals surface area contributed by atoms with Gasteiger partial charge in [-0.25, -0.2) is 0 Å². The van der Waals surface area contributed by atoms with Gasteiger partial charge in [-0.1, -0.05) is 19.8 Å². The van der Waals surface area contributed by atoms with Gasteiger partial charge in [0.25, 0.3) is 0 Å². The number of nitrogens with zero attached hydrogens (tertiary/aromatic N) is 1. The lowest BCUT2D eigenvalue weighted by molar-refractivity contribution is 0.276. The van der Waals surface area contributed by atoms with E-state index in [0.29, 0.717) is 0 Å². The second-order valence-corrected chi connectivity index (χ2v) is 3.52. The number of likely N-dealkylation sites (tertiary alicyclic amines) is 1. The Morgan fingerprint density at radius 3 is 2.58 bits per heavy atom. The summed E-state index contributed by atoms with van der Waals surface area (Å²) < 4.78 is 0. The molecule has 0 aromatic rings. The van der Waals surface area contributed by atoms with Crippen molar-refractivity contribution in [2.75, 3.05) is 13.1 Å². The molecule has 1 saturated heterocycles. The Morgan fingerprint density at radius 2 is 2.08 bits per heavy atom. The van der Waals surface area contributed by atoms with E-state index < -0.39 is 0 Å². The maximum absolute atomic E-state index is 10.6. The lowest BCUT2D eigenvalue weighted by atomic mass is 10.1. The first kappa shape index (κ1) is 9.72. The van der Waals surface area contributed by atoms with Crippen molar-refractivity contribution in [3.05, 3.63) is 0 Å². The highest BCUT2D eigenvalue weighted by molar-refractivity contribution is 5.58. The standard InChI is InChI=1S/C10H18NO/c1-2-3-6-10(9-12)11-7-4-5-8-11/h10H,2-8H2,1H3. The molecule has 0 aromatic carbocycles. The molecule has 1 aliphatic rings. The molecule has 0 aliphatic carbocycles. The van der Waals surface area contributed by atoms with Crippen molar-refractivity contribution in [3.63, 3.8) is 0 Å². The Balaban J connectivity index is 2.27. The second kappa shape index (κ2) is 5.31. The van der Waals surface area contributed by atoms with Gasteiger partial charge in [-0.05, 0) is 32.4 Å². The molecule has 1 aliphatic heterocycles. The molecular formula is C10H18NO. The molecule has 69 valence electrons. The number of unbranched alkanes of at least 4 members (excludes halogenated alkanes) is 1. The molecule has 0 N–H and O–H groups in total. The molecule has 0 saturated carbocycles. The topological polar surface area (TPSA) is 20.3 Å². The number of rotatable bonds is 5. The normalized spacial score (nSPS) is 21.1. The van der Waals surface area contributed by atoms with Crippen LogP contribution in [0.2, 0.25) is 0 Å². The molecule has 2 nitrogen and oxygen atoms in total. The van der Waals surface area contributed by atoms with Crippen molar-refractivity contribution in [1.29, 1.82) is 0 Å². The predicted octanol–water partition coefficient (Wildman–Crippen LogP) is 1.75. The van der Waals surface area contributed by atoms with Gasteiger partial charge in [-0.3, -0.25) is 9.69 Å². The average molecular weight is 168 g/mol. The maximum Gasteiger partial charge on any atom is 0.217 e. The summed E-state index contributed by atoms with van der Waals surface area (Å²) in [6.07, 6.45) is 7.99. The Kier molecular flexibility index (Phi) is 4.30. The molecule has 1 unspecified atom stereocenters. The summed E-state index contributed by atoms with van der Waals surface area (Å²) in [6, 6.07) is 0.0902. The lowest BCUT2D eigenvalue weighted by Crippen LogP contribution is -2.33. The first-order valence-corrected chi connectivity index (χ1v) is 5.00. The van der Waals surface area contributed by atoms with Gasteiger partial charge in [0.05, 0.1) is 6.04 Å². The summed E-state index contributed by atoms with van der Waals surface area (Å²) in [7, 11) is 0. The highest BCUT2D eigenvalue weighted by Crippen LogP contribution is 2.14.